The second-order valence-electron chi connectivity index (χ2n) is 4.40. The SMILES string of the molecule is CC(O)CCCCO.CC1CCC(CO)O1.[CH3-].[Rh]. The van der Waals surface area contributed by atoms with Gasteiger partial charge in [-0.2, -0.15) is 0 Å². The fraction of sp³-hybridized carbons (Fsp3) is 0.923. The van der Waals surface area contributed by atoms with Crippen molar-refractivity contribution < 1.29 is 39.5 Å². The minimum absolute atomic E-state index is 0. The topological polar surface area (TPSA) is 69.9 Å². The molecule has 0 spiro atoms. The van der Waals surface area contributed by atoms with Gasteiger partial charge < -0.3 is 27.5 Å². The van der Waals surface area contributed by atoms with Crippen LogP contribution >= 0.6 is 0 Å². The second kappa shape index (κ2) is 15.5. The number of aliphatic hydroxyl groups is 3. The van der Waals surface area contributed by atoms with Crippen LogP contribution in [0.4, 0.5) is 0 Å². The van der Waals surface area contributed by atoms with Gasteiger partial charge in [-0.15, -0.1) is 0 Å². The Morgan fingerprint density at radius 2 is 1.83 bits per heavy atom. The Bertz CT molecular complexity index is 156. The fourth-order valence-electron chi connectivity index (χ4n) is 1.57. The van der Waals surface area contributed by atoms with Gasteiger partial charge in [0.2, 0.25) is 0 Å². The van der Waals surface area contributed by atoms with E-state index in [-0.39, 0.29) is 52.3 Å². The third-order valence-corrected chi connectivity index (χ3v) is 2.55. The van der Waals surface area contributed by atoms with E-state index in [0.717, 1.165) is 32.1 Å². The molecule has 3 atom stereocenters. The predicted octanol–water partition coefficient (Wildman–Crippen LogP) is 1.52. The third-order valence-electron chi connectivity index (χ3n) is 2.55. The molecule has 5 heteroatoms. The molecule has 3 N–H and O–H groups in total. The van der Waals surface area contributed by atoms with Crippen LogP contribution in [0.3, 0.4) is 0 Å². The summed E-state index contributed by atoms with van der Waals surface area (Å²) >= 11 is 0. The molecule has 1 saturated heterocycles. The van der Waals surface area contributed by atoms with E-state index in [1.165, 1.54) is 0 Å². The molecule has 0 bridgehead atoms. The van der Waals surface area contributed by atoms with Crippen molar-refractivity contribution in [3.05, 3.63) is 7.43 Å². The van der Waals surface area contributed by atoms with E-state index < -0.39 is 0 Å². The fourth-order valence-corrected chi connectivity index (χ4v) is 1.57. The van der Waals surface area contributed by atoms with E-state index in [2.05, 4.69) is 0 Å². The molecule has 0 saturated carbocycles. The van der Waals surface area contributed by atoms with Gasteiger partial charge in [0.15, 0.2) is 0 Å². The van der Waals surface area contributed by atoms with Gasteiger partial charge >= 0.3 is 0 Å². The first-order chi connectivity index (χ1) is 7.60. The number of hydrogen-bond donors (Lipinski definition) is 3. The van der Waals surface area contributed by atoms with Gasteiger partial charge in [0.1, 0.15) is 0 Å². The summed E-state index contributed by atoms with van der Waals surface area (Å²) in [5.74, 6) is 0. The Morgan fingerprint density at radius 3 is 2.11 bits per heavy atom. The summed E-state index contributed by atoms with van der Waals surface area (Å²) in [6.45, 7) is 4.23. The van der Waals surface area contributed by atoms with Crippen molar-refractivity contribution in [2.75, 3.05) is 13.2 Å². The molecule has 0 aliphatic carbocycles. The first-order valence-electron chi connectivity index (χ1n) is 6.15. The van der Waals surface area contributed by atoms with Crippen molar-refractivity contribution in [2.24, 2.45) is 0 Å². The molecule has 1 aliphatic heterocycles. The maximum Gasteiger partial charge on any atom is 0.0810 e. The molecule has 1 radical (unpaired) electrons. The van der Waals surface area contributed by atoms with Gasteiger partial charge in [0, 0.05) is 26.1 Å². The average Bonchev–Trinajstić information content (AvgIpc) is 2.65. The number of aliphatic hydroxyl groups excluding tert-OH is 3. The Labute approximate surface area is 125 Å². The molecule has 3 unspecified atom stereocenters. The molecule has 0 aromatic carbocycles. The van der Waals surface area contributed by atoms with E-state index in [9.17, 15) is 0 Å². The summed E-state index contributed by atoms with van der Waals surface area (Å²) in [6.07, 6.45) is 4.96. The minimum atomic E-state index is -0.207. The van der Waals surface area contributed by atoms with Crippen LogP contribution in [0.25, 0.3) is 0 Å². The molecule has 18 heavy (non-hydrogen) atoms. The summed E-state index contributed by atoms with van der Waals surface area (Å²) in [5, 5.41) is 25.6. The van der Waals surface area contributed by atoms with Crippen LogP contribution in [0, 0.1) is 7.43 Å². The van der Waals surface area contributed by atoms with Crippen molar-refractivity contribution in [1.82, 2.24) is 0 Å². The first kappa shape index (κ1) is 23.5. The van der Waals surface area contributed by atoms with Crippen LogP contribution < -0.4 is 0 Å². The van der Waals surface area contributed by atoms with E-state index >= 15 is 0 Å². The second-order valence-corrected chi connectivity index (χ2v) is 4.40. The number of rotatable bonds is 5. The summed E-state index contributed by atoms with van der Waals surface area (Å²) in [7, 11) is 0. The van der Waals surface area contributed by atoms with E-state index in [0.29, 0.717) is 6.10 Å². The van der Waals surface area contributed by atoms with Crippen molar-refractivity contribution in [1.29, 1.82) is 0 Å². The van der Waals surface area contributed by atoms with Crippen molar-refractivity contribution in [2.45, 2.75) is 64.3 Å². The van der Waals surface area contributed by atoms with Gasteiger partial charge in [-0.05, 0) is 46.0 Å². The standard InChI is InChI=1S/C6H12O2.C6H14O2.CH3.Rh/c1-5-2-3-6(4-7)8-5;1-6(8)4-2-3-5-7;;/h5-7H,2-4H2,1H3;6-8H,2-5H2,1H3;1H3;/q;;-1;. The molecule has 0 aromatic heterocycles. The molecule has 115 valence electrons. The molecule has 1 aliphatic rings. The zero-order valence-electron chi connectivity index (χ0n) is 11.8. The molecule has 1 fully saturated rings. The van der Waals surface area contributed by atoms with E-state index in [1.807, 2.05) is 6.92 Å². The summed E-state index contributed by atoms with van der Waals surface area (Å²) < 4.78 is 5.26. The monoisotopic (exact) mass is 352 g/mol. The van der Waals surface area contributed by atoms with E-state index in [1.54, 1.807) is 6.92 Å². The van der Waals surface area contributed by atoms with Crippen molar-refractivity contribution in [3.8, 4) is 0 Å². The molecule has 1 rings (SSSR count). The van der Waals surface area contributed by atoms with Gasteiger partial charge in [-0.25, -0.2) is 0 Å². The van der Waals surface area contributed by atoms with Crippen LogP contribution in [-0.2, 0) is 24.2 Å². The smallest absolute Gasteiger partial charge is 0.0810 e. The van der Waals surface area contributed by atoms with Crippen LogP contribution in [0.1, 0.15) is 46.0 Å². The maximum absolute atomic E-state index is 8.70. The Balaban J connectivity index is -0.000000225. The zero-order valence-corrected chi connectivity index (χ0v) is 13.4. The number of hydrogen-bond acceptors (Lipinski definition) is 4. The van der Waals surface area contributed by atoms with Gasteiger partial charge in [-0.1, -0.05) is 0 Å². The molecular formula is C13H29O4Rh-. The summed E-state index contributed by atoms with van der Waals surface area (Å²) in [4.78, 5) is 0. The normalized spacial score (nSPS) is 23.2. The first-order valence-corrected chi connectivity index (χ1v) is 6.15. The minimum Gasteiger partial charge on any atom is -0.396 e. The Hall–Kier alpha value is 0.463. The van der Waals surface area contributed by atoms with Crippen LogP contribution in [0.2, 0.25) is 0 Å². The summed E-state index contributed by atoms with van der Waals surface area (Å²) in [6, 6.07) is 0. The molecular weight excluding hydrogens is 323 g/mol. The molecule has 4 nitrogen and oxygen atoms in total. The molecule has 0 aromatic rings. The van der Waals surface area contributed by atoms with Crippen LogP contribution in [0.15, 0.2) is 0 Å². The van der Waals surface area contributed by atoms with Crippen molar-refractivity contribution >= 4 is 0 Å². The number of unbranched alkanes of at least 4 members (excludes halogenated alkanes) is 1. The van der Waals surface area contributed by atoms with Gasteiger partial charge in [-0.3, -0.25) is 0 Å². The predicted molar refractivity (Wildman–Crippen MR) is 69.7 cm³/mol. The van der Waals surface area contributed by atoms with Crippen LogP contribution in [-0.4, -0.2) is 46.8 Å². The zero-order chi connectivity index (χ0) is 12.4. The van der Waals surface area contributed by atoms with E-state index in [4.69, 9.17) is 20.1 Å². The third kappa shape index (κ3) is 14.5. The average molecular weight is 352 g/mol. The van der Waals surface area contributed by atoms with Gasteiger partial charge in [0.05, 0.1) is 24.9 Å². The quantitative estimate of drug-likeness (QED) is 0.399. The molecule has 0 amide bonds. The van der Waals surface area contributed by atoms with Crippen LogP contribution in [0.5, 0.6) is 0 Å². The summed E-state index contributed by atoms with van der Waals surface area (Å²) in [5.41, 5.74) is 0. The maximum atomic E-state index is 8.70. The molecule has 1 heterocycles. The number of ether oxygens (including phenoxy) is 1. The van der Waals surface area contributed by atoms with Crippen molar-refractivity contribution in [3.63, 3.8) is 0 Å². The Kier molecular flexibility index (Phi) is 20.3. The van der Waals surface area contributed by atoms with Gasteiger partial charge in [0.25, 0.3) is 0 Å². The largest absolute Gasteiger partial charge is 0.396 e. The Morgan fingerprint density at radius 1 is 1.22 bits per heavy atom.